The lowest BCUT2D eigenvalue weighted by atomic mass is 10.0. The summed E-state index contributed by atoms with van der Waals surface area (Å²) in [6, 6.07) is 84.9. The highest BCUT2D eigenvalue weighted by Gasteiger charge is 2.16. The molecule has 9 aromatic carbocycles. The normalized spacial score (nSPS) is 11.1. The Morgan fingerprint density at radius 2 is 0.525 bits per heavy atom. The van der Waals surface area contributed by atoms with Crippen LogP contribution in [0, 0.1) is 0 Å². The quantitative estimate of drug-likeness (QED) is 0.137. The smallest absolute Gasteiger partial charge is 0.0462 e. The Labute approximate surface area is 350 Å². The number of fused-ring (bicyclic) bond motifs is 1. The molecule has 0 bridgehead atoms. The molecule has 0 amide bonds. The number of thiophene rings is 1. The Morgan fingerprint density at radius 1 is 0.237 bits per heavy atom. The Bertz CT molecular complexity index is 2840. The minimum absolute atomic E-state index is 1.10. The van der Waals surface area contributed by atoms with E-state index >= 15 is 0 Å². The second-order valence-corrected chi connectivity index (χ2v) is 15.5. The van der Waals surface area contributed by atoms with Gasteiger partial charge in [0.1, 0.15) is 0 Å². The first-order chi connectivity index (χ1) is 29.2. The molecular weight excluding hydrogens is 733 g/mol. The highest BCUT2D eigenvalue weighted by molar-refractivity contribution is 7.17. The van der Waals surface area contributed by atoms with Crippen molar-refractivity contribution in [3.63, 3.8) is 0 Å². The number of benzene rings is 9. The van der Waals surface area contributed by atoms with E-state index in [4.69, 9.17) is 0 Å². The van der Waals surface area contributed by atoms with Crippen LogP contribution in [-0.2, 0) is 0 Å². The fraction of sp³-hybridized carbons (Fsp3) is 0. The monoisotopic (exact) mass is 772 g/mol. The van der Waals surface area contributed by atoms with Gasteiger partial charge in [0.2, 0.25) is 0 Å². The van der Waals surface area contributed by atoms with Crippen molar-refractivity contribution < 1.29 is 0 Å². The van der Waals surface area contributed by atoms with Crippen molar-refractivity contribution in [2.75, 3.05) is 9.80 Å². The zero-order valence-electron chi connectivity index (χ0n) is 32.4. The Kier molecular flexibility index (Phi) is 9.85. The van der Waals surface area contributed by atoms with Gasteiger partial charge >= 0.3 is 0 Å². The number of para-hydroxylation sites is 1. The molecule has 0 spiro atoms. The van der Waals surface area contributed by atoms with E-state index in [2.05, 4.69) is 252 Å². The van der Waals surface area contributed by atoms with Crippen molar-refractivity contribution in [3.8, 4) is 44.5 Å². The molecule has 10 aromatic rings. The molecule has 0 unspecified atom stereocenters. The number of anilines is 6. The zero-order valence-corrected chi connectivity index (χ0v) is 33.2. The molecule has 3 heteroatoms. The van der Waals surface area contributed by atoms with Crippen LogP contribution >= 0.6 is 11.3 Å². The summed E-state index contributed by atoms with van der Waals surface area (Å²) in [7, 11) is 0. The lowest BCUT2D eigenvalue weighted by molar-refractivity contribution is 1.28. The van der Waals surface area contributed by atoms with Crippen molar-refractivity contribution in [1.82, 2.24) is 0 Å². The van der Waals surface area contributed by atoms with E-state index in [0.29, 0.717) is 0 Å². The highest BCUT2D eigenvalue weighted by atomic mass is 32.1. The van der Waals surface area contributed by atoms with Gasteiger partial charge in [-0.1, -0.05) is 158 Å². The SMILES string of the molecule is c1ccc(-c2ccc(N(c3ccc(-c4ccccc4)cc3)c3ccc(-c4ccc(N(c5ccccc5)c5ccc(-c6csc7ccccc67)cc5)cc4)cc3)cc2)cc1. The van der Waals surface area contributed by atoms with Crippen molar-refractivity contribution in [3.05, 3.63) is 242 Å². The van der Waals surface area contributed by atoms with E-state index in [0.717, 1.165) is 39.7 Å². The minimum atomic E-state index is 1.10. The maximum absolute atomic E-state index is 2.33. The molecule has 0 saturated heterocycles. The molecule has 1 aromatic heterocycles. The van der Waals surface area contributed by atoms with E-state index < -0.39 is 0 Å². The van der Waals surface area contributed by atoms with Crippen molar-refractivity contribution in [2.45, 2.75) is 0 Å². The molecule has 0 N–H and O–H groups in total. The first-order valence-electron chi connectivity index (χ1n) is 20.0. The van der Waals surface area contributed by atoms with Gasteiger partial charge in [-0.05, 0) is 123 Å². The molecule has 0 aliphatic heterocycles. The zero-order chi connectivity index (χ0) is 39.4. The fourth-order valence-corrected chi connectivity index (χ4v) is 8.91. The third kappa shape index (κ3) is 7.44. The van der Waals surface area contributed by atoms with Crippen LogP contribution in [0.25, 0.3) is 54.6 Å². The molecule has 0 radical (unpaired) electrons. The summed E-state index contributed by atoms with van der Waals surface area (Å²) in [5, 5.41) is 3.57. The summed E-state index contributed by atoms with van der Waals surface area (Å²) in [6.07, 6.45) is 0. The molecule has 280 valence electrons. The largest absolute Gasteiger partial charge is 0.311 e. The highest BCUT2D eigenvalue weighted by Crippen LogP contribution is 2.41. The van der Waals surface area contributed by atoms with Crippen molar-refractivity contribution in [1.29, 1.82) is 0 Å². The number of rotatable bonds is 10. The van der Waals surface area contributed by atoms with Gasteiger partial charge in [-0.3, -0.25) is 0 Å². The molecule has 0 fully saturated rings. The number of hydrogen-bond donors (Lipinski definition) is 0. The van der Waals surface area contributed by atoms with E-state index in [9.17, 15) is 0 Å². The van der Waals surface area contributed by atoms with Crippen LogP contribution < -0.4 is 9.80 Å². The summed E-state index contributed by atoms with van der Waals surface area (Å²) in [5.41, 5.74) is 16.3. The van der Waals surface area contributed by atoms with Gasteiger partial charge in [0.25, 0.3) is 0 Å². The third-order valence-electron chi connectivity index (χ3n) is 11.0. The van der Waals surface area contributed by atoms with Gasteiger partial charge in [0.05, 0.1) is 0 Å². The van der Waals surface area contributed by atoms with Gasteiger partial charge in [-0.25, -0.2) is 0 Å². The van der Waals surface area contributed by atoms with Crippen molar-refractivity contribution in [2.24, 2.45) is 0 Å². The van der Waals surface area contributed by atoms with Crippen molar-refractivity contribution >= 4 is 55.5 Å². The molecule has 59 heavy (non-hydrogen) atoms. The van der Waals surface area contributed by atoms with Crippen LogP contribution in [0.15, 0.2) is 242 Å². The number of hydrogen-bond acceptors (Lipinski definition) is 3. The maximum atomic E-state index is 2.33. The van der Waals surface area contributed by atoms with E-state index in [1.165, 1.54) is 49.0 Å². The summed E-state index contributed by atoms with van der Waals surface area (Å²) in [4.78, 5) is 4.66. The van der Waals surface area contributed by atoms with Gasteiger partial charge in [0, 0.05) is 49.8 Å². The molecule has 0 atom stereocenters. The van der Waals surface area contributed by atoms with E-state index in [-0.39, 0.29) is 0 Å². The summed E-state index contributed by atoms with van der Waals surface area (Å²) < 4.78 is 1.31. The average molecular weight is 773 g/mol. The Morgan fingerprint density at radius 3 is 0.915 bits per heavy atom. The summed E-state index contributed by atoms with van der Waals surface area (Å²) in [5.74, 6) is 0. The molecular formula is C56H40N2S. The van der Waals surface area contributed by atoms with Gasteiger partial charge in [0.15, 0.2) is 0 Å². The summed E-state index contributed by atoms with van der Waals surface area (Å²) in [6.45, 7) is 0. The standard InChI is InChI=1S/C56H40N2S/c1-4-12-41(13-5-1)43-20-30-50(31-21-43)58(51-32-22-44(23-33-51)42-14-6-2-7-15-42)52-36-26-46(27-37-52)45-24-34-49(35-25-45)57(48-16-8-3-9-17-48)53-38-28-47(29-39-53)55-40-59-56-19-11-10-18-54(55)56/h1-40H. The molecule has 1 heterocycles. The fourth-order valence-electron chi connectivity index (χ4n) is 7.94. The Balaban J connectivity index is 0.947. The second kappa shape index (κ2) is 16.2. The first kappa shape index (κ1) is 35.9. The van der Waals surface area contributed by atoms with Gasteiger partial charge < -0.3 is 9.80 Å². The molecule has 10 rings (SSSR count). The topological polar surface area (TPSA) is 6.48 Å². The minimum Gasteiger partial charge on any atom is -0.311 e. The second-order valence-electron chi connectivity index (χ2n) is 14.6. The van der Waals surface area contributed by atoms with Crippen LogP contribution in [-0.4, -0.2) is 0 Å². The van der Waals surface area contributed by atoms with Crippen LogP contribution in [0.2, 0.25) is 0 Å². The lowest BCUT2D eigenvalue weighted by Gasteiger charge is -2.26. The maximum Gasteiger partial charge on any atom is 0.0462 e. The van der Waals surface area contributed by atoms with E-state index in [1.807, 2.05) is 0 Å². The van der Waals surface area contributed by atoms with Crippen LogP contribution in [0.1, 0.15) is 0 Å². The van der Waals surface area contributed by atoms with Crippen LogP contribution in [0.3, 0.4) is 0 Å². The average Bonchev–Trinajstić information content (AvgIpc) is 3.76. The molecule has 0 aliphatic carbocycles. The van der Waals surface area contributed by atoms with E-state index in [1.54, 1.807) is 11.3 Å². The van der Waals surface area contributed by atoms with Crippen LogP contribution in [0.4, 0.5) is 34.1 Å². The van der Waals surface area contributed by atoms with Gasteiger partial charge in [-0.2, -0.15) is 0 Å². The lowest BCUT2D eigenvalue weighted by Crippen LogP contribution is -2.10. The molecule has 0 saturated carbocycles. The predicted molar refractivity (Wildman–Crippen MR) is 253 cm³/mol. The third-order valence-corrected chi connectivity index (χ3v) is 11.9. The Hall–Kier alpha value is -7.46. The first-order valence-corrected chi connectivity index (χ1v) is 20.9. The van der Waals surface area contributed by atoms with Gasteiger partial charge in [-0.15, -0.1) is 11.3 Å². The number of nitrogens with zero attached hydrogens (tertiary/aromatic N) is 2. The van der Waals surface area contributed by atoms with Crippen LogP contribution in [0.5, 0.6) is 0 Å². The predicted octanol–water partition coefficient (Wildman–Crippen LogP) is 16.5. The molecule has 2 nitrogen and oxygen atoms in total. The summed E-state index contributed by atoms with van der Waals surface area (Å²) >= 11 is 1.80. The molecule has 0 aliphatic rings.